The first-order valence-electron chi connectivity index (χ1n) is 5.82. The summed E-state index contributed by atoms with van der Waals surface area (Å²) in [5, 5.41) is 11.6. The van der Waals surface area contributed by atoms with Gasteiger partial charge in [0, 0.05) is 18.9 Å². The van der Waals surface area contributed by atoms with Crippen molar-refractivity contribution in [3.05, 3.63) is 53.5 Å². The number of carbonyl (C=O) groups is 1. The highest BCUT2D eigenvalue weighted by Gasteiger charge is 2.33. The van der Waals surface area contributed by atoms with Gasteiger partial charge in [0.1, 0.15) is 17.1 Å². The van der Waals surface area contributed by atoms with Crippen LogP contribution in [0.2, 0.25) is 0 Å². The maximum atomic E-state index is 12.6. The molecule has 0 fully saturated rings. The van der Waals surface area contributed by atoms with E-state index in [4.69, 9.17) is 5.11 Å². The summed E-state index contributed by atoms with van der Waals surface area (Å²) >= 11 is 0. The lowest BCUT2D eigenvalue weighted by Gasteiger charge is -2.12. The van der Waals surface area contributed by atoms with Gasteiger partial charge >= 0.3 is 12.1 Å². The Balaban J connectivity index is 2.29. The van der Waals surface area contributed by atoms with E-state index in [2.05, 4.69) is 15.3 Å². The number of aromatic carboxylic acids is 1. The molecule has 0 aliphatic carbocycles. The van der Waals surface area contributed by atoms with Crippen molar-refractivity contribution in [2.75, 3.05) is 5.32 Å². The van der Waals surface area contributed by atoms with E-state index in [9.17, 15) is 18.0 Å². The Kier molecular flexibility index (Phi) is 4.06. The molecule has 8 heteroatoms. The predicted molar refractivity (Wildman–Crippen MR) is 67.8 cm³/mol. The molecule has 0 saturated carbocycles. The molecule has 21 heavy (non-hydrogen) atoms. The highest BCUT2D eigenvalue weighted by Crippen LogP contribution is 2.29. The van der Waals surface area contributed by atoms with Crippen molar-refractivity contribution < 1.29 is 23.1 Å². The summed E-state index contributed by atoms with van der Waals surface area (Å²) in [5.74, 6) is -1.69. The molecule has 0 spiro atoms. The smallest absolute Gasteiger partial charge is 0.433 e. The Morgan fingerprint density at radius 1 is 1.29 bits per heavy atom. The summed E-state index contributed by atoms with van der Waals surface area (Å²) in [7, 11) is 0. The van der Waals surface area contributed by atoms with Crippen molar-refractivity contribution in [2.24, 2.45) is 0 Å². The molecule has 0 radical (unpaired) electrons. The number of anilines is 1. The van der Waals surface area contributed by atoms with Crippen molar-refractivity contribution in [3.8, 4) is 0 Å². The fourth-order valence-electron chi connectivity index (χ4n) is 1.61. The van der Waals surface area contributed by atoms with Gasteiger partial charge in [-0.2, -0.15) is 13.2 Å². The molecule has 0 aliphatic heterocycles. The number of aromatic nitrogens is 2. The monoisotopic (exact) mass is 297 g/mol. The molecule has 0 aliphatic rings. The lowest BCUT2D eigenvalue weighted by molar-refractivity contribution is -0.141. The molecular weight excluding hydrogens is 287 g/mol. The summed E-state index contributed by atoms with van der Waals surface area (Å²) in [6, 6.07) is 4.88. The van der Waals surface area contributed by atoms with E-state index in [-0.39, 0.29) is 17.9 Å². The van der Waals surface area contributed by atoms with Gasteiger partial charge in [0.15, 0.2) is 0 Å². The summed E-state index contributed by atoms with van der Waals surface area (Å²) < 4.78 is 37.8. The summed E-state index contributed by atoms with van der Waals surface area (Å²) in [6.07, 6.45) is -1.57. The molecule has 2 aromatic rings. The Morgan fingerprint density at radius 3 is 2.62 bits per heavy atom. The second-order valence-electron chi connectivity index (χ2n) is 4.11. The number of nitrogens with zero attached hydrogens (tertiary/aromatic N) is 2. The molecule has 0 atom stereocenters. The molecule has 0 bridgehead atoms. The molecular formula is C13H10F3N3O2. The zero-order valence-corrected chi connectivity index (χ0v) is 10.6. The predicted octanol–water partition coefficient (Wildman–Crippen LogP) is 2.81. The first-order chi connectivity index (χ1) is 9.88. The Bertz CT molecular complexity index is 645. The quantitative estimate of drug-likeness (QED) is 0.907. The van der Waals surface area contributed by atoms with Crippen LogP contribution in [0.25, 0.3) is 0 Å². The Hall–Kier alpha value is -2.64. The molecule has 0 unspecified atom stereocenters. The number of halogens is 3. The van der Waals surface area contributed by atoms with Gasteiger partial charge < -0.3 is 10.4 Å². The van der Waals surface area contributed by atoms with Gasteiger partial charge in [0.2, 0.25) is 0 Å². The number of nitrogens with one attached hydrogen (secondary N) is 1. The third-order valence-corrected chi connectivity index (χ3v) is 2.60. The summed E-state index contributed by atoms with van der Waals surface area (Å²) in [4.78, 5) is 18.2. The average molecular weight is 297 g/mol. The lowest BCUT2D eigenvalue weighted by atomic mass is 10.2. The highest BCUT2D eigenvalue weighted by atomic mass is 19.4. The number of carboxylic acid groups (broad SMARTS) is 1. The van der Waals surface area contributed by atoms with Crippen LogP contribution in [0.4, 0.5) is 19.0 Å². The maximum Gasteiger partial charge on any atom is 0.433 e. The molecule has 2 rings (SSSR count). The van der Waals surface area contributed by atoms with Gasteiger partial charge in [-0.05, 0) is 23.8 Å². The van der Waals surface area contributed by atoms with Crippen molar-refractivity contribution in [1.82, 2.24) is 9.97 Å². The molecule has 0 saturated heterocycles. The normalized spacial score (nSPS) is 11.2. The standard InChI is InChI=1S/C13H10F3N3O2/c14-13(15,16)10-4-3-9(12(20)21)11(19-10)18-7-8-2-1-5-17-6-8/h1-6H,7H2,(H,18,19)(H,20,21). The highest BCUT2D eigenvalue weighted by molar-refractivity contribution is 5.93. The van der Waals surface area contributed by atoms with Crippen LogP contribution >= 0.6 is 0 Å². The first kappa shape index (κ1) is 14.8. The van der Waals surface area contributed by atoms with E-state index in [1.165, 1.54) is 6.20 Å². The fourth-order valence-corrected chi connectivity index (χ4v) is 1.61. The summed E-state index contributed by atoms with van der Waals surface area (Å²) in [5.41, 5.74) is -0.791. The lowest BCUT2D eigenvalue weighted by Crippen LogP contribution is -2.14. The van der Waals surface area contributed by atoms with Gasteiger partial charge in [0.25, 0.3) is 0 Å². The topological polar surface area (TPSA) is 75.1 Å². The van der Waals surface area contributed by atoms with Gasteiger partial charge in [-0.3, -0.25) is 4.98 Å². The number of hydrogen-bond acceptors (Lipinski definition) is 4. The van der Waals surface area contributed by atoms with E-state index in [1.54, 1.807) is 18.3 Å². The molecule has 110 valence electrons. The van der Waals surface area contributed by atoms with Crippen molar-refractivity contribution in [2.45, 2.75) is 12.7 Å². The second-order valence-corrected chi connectivity index (χ2v) is 4.11. The number of hydrogen-bond donors (Lipinski definition) is 2. The summed E-state index contributed by atoms with van der Waals surface area (Å²) in [6.45, 7) is 0.114. The van der Waals surface area contributed by atoms with Gasteiger partial charge in [-0.15, -0.1) is 0 Å². The third-order valence-electron chi connectivity index (χ3n) is 2.60. The molecule has 2 heterocycles. The minimum absolute atomic E-state index is 0.114. The van der Waals surface area contributed by atoms with Crippen molar-refractivity contribution in [3.63, 3.8) is 0 Å². The van der Waals surface area contributed by atoms with Crippen LogP contribution < -0.4 is 5.32 Å². The van der Waals surface area contributed by atoms with Crippen molar-refractivity contribution in [1.29, 1.82) is 0 Å². The van der Waals surface area contributed by atoms with Gasteiger partial charge in [-0.1, -0.05) is 6.07 Å². The zero-order valence-electron chi connectivity index (χ0n) is 10.6. The van der Waals surface area contributed by atoms with Crippen molar-refractivity contribution >= 4 is 11.8 Å². The maximum absolute atomic E-state index is 12.6. The third kappa shape index (κ3) is 3.68. The van der Waals surface area contributed by atoms with E-state index in [0.717, 1.165) is 6.07 Å². The van der Waals surface area contributed by atoms with Gasteiger partial charge in [-0.25, -0.2) is 9.78 Å². The van der Waals surface area contributed by atoms with Gasteiger partial charge in [0.05, 0.1) is 0 Å². The van der Waals surface area contributed by atoms with E-state index in [0.29, 0.717) is 11.6 Å². The number of carboxylic acids is 1. The molecule has 5 nitrogen and oxygen atoms in total. The number of pyridine rings is 2. The largest absolute Gasteiger partial charge is 0.478 e. The molecule has 2 aromatic heterocycles. The van der Waals surface area contributed by atoms with Crippen LogP contribution in [0.15, 0.2) is 36.7 Å². The Labute approximate surface area is 117 Å². The van der Waals surface area contributed by atoms with Crippen LogP contribution in [0.1, 0.15) is 21.6 Å². The molecule has 2 N–H and O–H groups in total. The average Bonchev–Trinajstić information content (AvgIpc) is 2.45. The van der Waals surface area contributed by atoms with Crippen LogP contribution in [-0.4, -0.2) is 21.0 Å². The van der Waals surface area contributed by atoms with Crippen LogP contribution in [0.3, 0.4) is 0 Å². The molecule has 0 amide bonds. The Morgan fingerprint density at radius 2 is 2.05 bits per heavy atom. The van der Waals surface area contributed by atoms with E-state index < -0.39 is 17.8 Å². The van der Waals surface area contributed by atoms with Crippen LogP contribution in [0, 0.1) is 0 Å². The van der Waals surface area contributed by atoms with E-state index in [1.807, 2.05) is 0 Å². The number of alkyl halides is 3. The van der Waals surface area contributed by atoms with Crippen LogP contribution in [-0.2, 0) is 12.7 Å². The second kappa shape index (κ2) is 5.78. The first-order valence-corrected chi connectivity index (χ1v) is 5.82. The fraction of sp³-hybridized carbons (Fsp3) is 0.154. The minimum atomic E-state index is -4.64. The minimum Gasteiger partial charge on any atom is -0.478 e. The zero-order chi connectivity index (χ0) is 15.5. The number of rotatable bonds is 4. The van der Waals surface area contributed by atoms with E-state index >= 15 is 0 Å². The molecule has 0 aromatic carbocycles. The van der Waals surface area contributed by atoms with Crippen LogP contribution in [0.5, 0.6) is 0 Å². The SMILES string of the molecule is O=C(O)c1ccc(C(F)(F)F)nc1NCc1cccnc1.